The van der Waals surface area contributed by atoms with Crippen LogP contribution in [0.3, 0.4) is 0 Å². The van der Waals surface area contributed by atoms with E-state index in [1.165, 1.54) is 5.56 Å². The minimum atomic E-state index is 0. The van der Waals surface area contributed by atoms with E-state index in [9.17, 15) is 0 Å². The first-order valence-electron chi connectivity index (χ1n) is 8.73. The largest absolute Gasteiger partial charge is 0.382 e. The highest BCUT2D eigenvalue weighted by atomic mass is 127. The summed E-state index contributed by atoms with van der Waals surface area (Å²) in [5.41, 5.74) is 1.37. The second kappa shape index (κ2) is 13.6. The summed E-state index contributed by atoms with van der Waals surface area (Å²) >= 11 is 6.07. The second-order valence-corrected chi connectivity index (χ2v) is 7.16. The fourth-order valence-electron chi connectivity index (χ4n) is 2.49. The van der Waals surface area contributed by atoms with Crippen molar-refractivity contribution in [3.05, 3.63) is 34.9 Å². The van der Waals surface area contributed by atoms with Crippen molar-refractivity contribution >= 4 is 41.5 Å². The molecule has 6 heteroatoms. The summed E-state index contributed by atoms with van der Waals surface area (Å²) in [5.74, 6) is 0.852. The average molecular weight is 482 g/mol. The van der Waals surface area contributed by atoms with Gasteiger partial charge >= 0.3 is 0 Å². The molecule has 0 aliphatic carbocycles. The van der Waals surface area contributed by atoms with Crippen LogP contribution in [0, 0.1) is 5.41 Å². The van der Waals surface area contributed by atoms with Gasteiger partial charge in [-0.05, 0) is 49.3 Å². The number of nitrogens with zero attached hydrogens (tertiary/aromatic N) is 1. The molecule has 0 saturated carbocycles. The summed E-state index contributed by atoms with van der Waals surface area (Å²) in [6, 6.07) is 8.07. The Bertz CT molecular complexity index is 509. The first-order chi connectivity index (χ1) is 11.5. The van der Waals surface area contributed by atoms with Gasteiger partial charge in [-0.3, -0.25) is 4.99 Å². The maximum atomic E-state index is 6.07. The van der Waals surface area contributed by atoms with Gasteiger partial charge in [-0.1, -0.05) is 37.6 Å². The lowest BCUT2D eigenvalue weighted by molar-refractivity contribution is 0.143. The van der Waals surface area contributed by atoms with Gasteiger partial charge in [-0.2, -0.15) is 0 Å². The van der Waals surface area contributed by atoms with Crippen LogP contribution in [0.2, 0.25) is 5.02 Å². The lowest BCUT2D eigenvalue weighted by Crippen LogP contribution is -2.43. The van der Waals surface area contributed by atoms with Crippen LogP contribution in [0.15, 0.2) is 29.3 Å². The third kappa shape index (κ3) is 11.7. The molecule has 0 radical (unpaired) electrons. The Morgan fingerprint density at radius 2 is 2.00 bits per heavy atom. The van der Waals surface area contributed by atoms with E-state index in [-0.39, 0.29) is 29.4 Å². The fourth-order valence-corrected chi connectivity index (χ4v) is 2.70. The summed E-state index contributed by atoms with van der Waals surface area (Å²) in [4.78, 5) is 4.29. The molecule has 0 fully saturated rings. The van der Waals surface area contributed by atoms with Gasteiger partial charge in [0.2, 0.25) is 0 Å². The summed E-state index contributed by atoms with van der Waals surface area (Å²) in [6.45, 7) is 9.89. The molecular formula is C19H33ClIN3O. The molecule has 144 valence electrons. The van der Waals surface area contributed by atoms with Gasteiger partial charge in [-0.25, -0.2) is 0 Å². The molecule has 1 rings (SSSR count). The Morgan fingerprint density at radius 3 is 2.64 bits per heavy atom. The van der Waals surface area contributed by atoms with Gasteiger partial charge in [0, 0.05) is 38.4 Å². The Kier molecular flexibility index (Phi) is 13.4. The van der Waals surface area contributed by atoms with Gasteiger partial charge in [0.05, 0.1) is 0 Å². The molecule has 1 aromatic carbocycles. The van der Waals surface area contributed by atoms with Crippen LogP contribution < -0.4 is 10.6 Å². The number of rotatable bonds is 10. The van der Waals surface area contributed by atoms with Crippen LogP contribution in [-0.2, 0) is 11.2 Å². The number of ether oxygens (including phenoxy) is 1. The van der Waals surface area contributed by atoms with Crippen molar-refractivity contribution in [1.82, 2.24) is 10.6 Å². The first kappa shape index (κ1) is 24.5. The van der Waals surface area contributed by atoms with Crippen LogP contribution >= 0.6 is 35.6 Å². The quantitative estimate of drug-likeness (QED) is 0.224. The molecule has 0 aromatic heterocycles. The second-order valence-electron chi connectivity index (χ2n) is 6.73. The predicted molar refractivity (Wildman–Crippen MR) is 119 cm³/mol. The maximum Gasteiger partial charge on any atom is 0.190 e. The molecule has 0 unspecified atom stereocenters. The monoisotopic (exact) mass is 481 g/mol. The Hall–Kier alpha value is -0.530. The standard InChI is InChI=1S/C19H32ClN3O.HI/c1-5-24-12-7-6-11-22-18(21-4)23-15-19(2,3)14-16-9-8-10-17(20)13-16;/h8-10,13H,5-7,11-12,14-15H2,1-4H3,(H2,21,22,23);1H. The van der Waals surface area contributed by atoms with Crippen LogP contribution in [-0.4, -0.2) is 39.3 Å². The van der Waals surface area contributed by atoms with Crippen molar-refractivity contribution in [2.24, 2.45) is 10.4 Å². The van der Waals surface area contributed by atoms with E-state index in [2.05, 4.69) is 35.5 Å². The van der Waals surface area contributed by atoms with E-state index in [0.717, 1.165) is 56.5 Å². The topological polar surface area (TPSA) is 45.6 Å². The van der Waals surface area contributed by atoms with Gasteiger partial charge in [0.25, 0.3) is 0 Å². The molecule has 0 aliphatic heterocycles. The fraction of sp³-hybridized carbons (Fsp3) is 0.632. The number of hydrogen-bond acceptors (Lipinski definition) is 2. The predicted octanol–water partition coefficient (Wildman–Crippen LogP) is 4.51. The smallest absolute Gasteiger partial charge is 0.190 e. The molecular weight excluding hydrogens is 449 g/mol. The number of benzene rings is 1. The third-order valence-corrected chi connectivity index (χ3v) is 3.98. The molecule has 0 aliphatic rings. The van der Waals surface area contributed by atoms with E-state index < -0.39 is 0 Å². The molecule has 0 atom stereocenters. The Balaban J connectivity index is 0.00000576. The minimum absolute atomic E-state index is 0. The molecule has 1 aromatic rings. The number of halogens is 2. The van der Waals surface area contributed by atoms with E-state index in [4.69, 9.17) is 16.3 Å². The van der Waals surface area contributed by atoms with Crippen molar-refractivity contribution in [2.75, 3.05) is 33.4 Å². The highest BCUT2D eigenvalue weighted by Gasteiger charge is 2.19. The van der Waals surface area contributed by atoms with Crippen LogP contribution in [0.4, 0.5) is 0 Å². The normalized spacial score (nSPS) is 11.8. The summed E-state index contributed by atoms with van der Waals surface area (Å²) in [6.07, 6.45) is 3.11. The van der Waals surface area contributed by atoms with E-state index in [0.29, 0.717) is 0 Å². The van der Waals surface area contributed by atoms with Crippen molar-refractivity contribution < 1.29 is 4.74 Å². The Morgan fingerprint density at radius 1 is 1.24 bits per heavy atom. The first-order valence-corrected chi connectivity index (χ1v) is 9.11. The van der Waals surface area contributed by atoms with Crippen molar-refractivity contribution in [3.8, 4) is 0 Å². The van der Waals surface area contributed by atoms with Crippen molar-refractivity contribution in [1.29, 1.82) is 0 Å². The summed E-state index contributed by atoms with van der Waals surface area (Å²) in [5, 5.41) is 7.57. The maximum absolute atomic E-state index is 6.07. The van der Waals surface area contributed by atoms with E-state index in [1.807, 2.05) is 25.1 Å². The molecule has 2 N–H and O–H groups in total. The van der Waals surface area contributed by atoms with E-state index in [1.54, 1.807) is 7.05 Å². The molecule has 0 amide bonds. The zero-order valence-electron chi connectivity index (χ0n) is 15.9. The van der Waals surface area contributed by atoms with Crippen molar-refractivity contribution in [2.45, 2.75) is 40.0 Å². The van der Waals surface area contributed by atoms with Crippen LogP contribution in [0.25, 0.3) is 0 Å². The van der Waals surface area contributed by atoms with E-state index >= 15 is 0 Å². The zero-order chi connectivity index (χ0) is 17.8. The molecule has 25 heavy (non-hydrogen) atoms. The average Bonchev–Trinajstić information content (AvgIpc) is 2.53. The van der Waals surface area contributed by atoms with Gasteiger partial charge in [-0.15, -0.1) is 24.0 Å². The van der Waals surface area contributed by atoms with Crippen LogP contribution in [0.5, 0.6) is 0 Å². The SMILES string of the molecule is CCOCCCCNC(=NC)NCC(C)(C)Cc1cccc(Cl)c1.I. The van der Waals surface area contributed by atoms with Gasteiger partial charge in [0.1, 0.15) is 0 Å². The number of guanidine groups is 1. The lowest BCUT2D eigenvalue weighted by atomic mass is 9.86. The number of aliphatic imine (C=N–C) groups is 1. The third-order valence-electron chi connectivity index (χ3n) is 3.74. The minimum Gasteiger partial charge on any atom is -0.382 e. The van der Waals surface area contributed by atoms with Crippen LogP contribution in [0.1, 0.15) is 39.2 Å². The summed E-state index contributed by atoms with van der Waals surface area (Å²) < 4.78 is 5.34. The highest BCUT2D eigenvalue weighted by Crippen LogP contribution is 2.22. The molecule has 0 spiro atoms. The zero-order valence-corrected chi connectivity index (χ0v) is 19.0. The molecule has 0 bridgehead atoms. The number of unbranched alkanes of at least 4 members (excludes halogenated alkanes) is 1. The summed E-state index contributed by atoms with van der Waals surface area (Å²) in [7, 11) is 1.81. The number of hydrogen-bond donors (Lipinski definition) is 2. The van der Waals surface area contributed by atoms with Crippen molar-refractivity contribution in [3.63, 3.8) is 0 Å². The lowest BCUT2D eigenvalue weighted by Gasteiger charge is -2.26. The number of nitrogens with one attached hydrogen (secondary N) is 2. The highest BCUT2D eigenvalue weighted by molar-refractivity contribution is 14.0. The molecule has 0 saturated heterocycles. The van der Waals surface area contributed by atoms with Gasteiger partial charge in [0.15, 0.2) is 5.96 Å². The molecule has 0 heterocycles. The molecule has 4 nitrogen and oxygen atoms in total. The Labute approximate surface area is 175 Å². The van der Waals surface area contributed by atoms with Gasteiger partial charge < -0.3 is 15.4 Å².